The zero-order valence-electron chi connectivity index (χ0n) is 14.1. The molecular weight excluding hydrogens is 318 g/mol. The lowest BCUT2D eigenvalue weighted by Gasteiger charge is -2.29. The lowest BCUT2D eigenvalue weighted by Crippen LogP contribution is -2.40. The number of hydrogen-bond donors (Lipinski definition) is 0. The molecule has 2 aromatic carbocycles. The maximum absolute atomic E-state index is 13.2. The lowest BCUT2D eigenvalue weighted by molar-refractivity contribution is 0.375. The second-order valence-electron chi connectivity index (χ2n) is 6.48. The third kappa shape index (κ3) is 3.04. The van der Waals surface area contributed by atoms with Gasteiger partial charge in [0.2, 0.25) is 10.0 Å². The predicted molar refractivity (Wildman–Crippen MR) is 98.2 cm³/mol. The van der Waals surface area contributed by atoms with Crippen molar-refractivity contribution in [3.8, 4) is 0 Å². The molecular formula is C20H23NO2S. The highest BCUT2D eigenvalue weighted by molar-refractivity contribution is 7.89. The van der Waals surface area contributed by atoms with Crippen LogP contribution in [0.4, 0.5) is 0 Å². The van der Waals surface area contributed by atoms with Crippen LogP contribution in [0.15, 0.2) is 66.1 Å². The standard InChI is InChI=1S/C20H23NO2S/c1-15-9-12-19(13-10-15)24(22,23)21-16(2)11-14-20(21)17(3)18-7-5-4-6-8-18/h4-10,12-13,16,20H,3,11,14H2,1-2H3/t16-,20+/m1/s1. The van der Waals surface area contributed by atoms with Gasteiger partial charge in [-0.15, -0.1) is 0 Å². The minimum Gasteiger partial charge on any atom is -0.207 e. The summed E-state index contributed by atoms with van der Waals surface area (Å²) in [4.78, 5) is 0.354. The number of sulfonamides is 1. The van der Waals surface area contributed by atoms with Crippen LogP contribution >= 0.6 is 0 Å². The molecule has 1 aliphatic heterocycles. The van der Waals surface area contributed by atoms with Crippen molar-refractivity contribution >= 4 is 15.6 Å². The summed E-state index contributed by atoms with van der Waals surface area (Å²) in [6, 6.07) is 16.7. The Kier molecular flexibility index (Phi) is 4.61. The van der Waals surface area contributed by atoms with Crippen LogP contribution in [0.3, 0.4) is 0 Å². The summed E-state index contributed by atoms with van der Waals surface area (Å²) >= 11 is 0. The van der Waals surface area contributed by atoms with Crippen LogP contribution in [0.2, 0.25) is 0 Å². The van der Waals surface area contributed by atoms with Crippen LogP contribution in [0.25, 0.3) is 5.57 Å². The molecule has 0 aliphatic carbocycles. The van der Waals surface area contributed by atoms with Crippen LogP contribution in [0.1, 0.15) is 30.9 Å². The molecule has 0 amide bonds. The SMILES string of the molecule is C=C(c1ccccc1)[C@@H]1CC[C@@H](C)N1S(=O)(=O)c1ccc(C)cc1. The van der Waals surface area contributed by atoms with Crippen LogP contribution in [-0.2, 0) is 10.0 Å². The largest absolute Gasteiger partial charge is 0.243 e. The molecule has 4 heteroatoms. The second kappa shape index (κ2) is 6.54. The van der Waals surface area contributed by atoms with Gasteiger partial charge in [0, 0.05) is 6.04 Å². The quantitative estimate of drug-likeness (QED) is 0.834. The summed E-state index contributed by atoms with van der Waals surface area (Å²) in [6.07, 6.45) is 1.65. The first-order valence-corrected chi connectivity index (χ1v) is 9.69. The molecule has 2 aromatic rings. The van der Waals surface area contributed by atoms with Crippen molar-refractivity contribution in [3.05, 3.63) is 72.3 Å². The van der Waals surface area contributed by atoms with E-state index in [1.807, 2.05) is 56.3 Å². The zero-order valence-corrected chi connectivity index (χ0v) is 15.0. The van der Waals surface area contributed by atoms with Crippen LogP contribution < -0.4 is 0 Å². The fourth-order valence-corrected chi connectivity index (χ4v) is 5.24. The monoisotopic (exact) mass is 341 g/mol. The first-order chi connectivity index (χ1) is 11.4. The Morgan fingerprint density at radius 1 is 1.04 bits per heavy atom. The number of rotatable bonds is 4. The van der Waals surface area contributed by atoms with Gasteiger partial charge in [0.15, 0.2) is 0 Å². The first kappa shape index (κ1) is 16.9. The molecule has 1 heterocycles. The predicted octanol–water partition coefficient (Wildman–Crippen LogP) is 4.25. The van der Waals surface area contributed by atoms with Crippen LogP contribution in [0, 0.1) is 6.92 Å². The minimum absolute atomic E-state index is 0.0261. The minimum atomic E-state index is -3.53. The highest BCUT2D eigenvalue weighted by atomic mass is 32.2. The summed E-state index contributed by atoms with van der Waals surface area (Å²) in [5, 5.41) is 0. The molecule has 0 aromatic heterocycles. The summed E-state index contributed by atoms with van der Waals surface area (Å²) < 4.78 is 28.0. The highest BCUT2D eigenvalue weighted by Crippen LogP contribution is 2.37. The zero-order chi connectivity index (χ0) is 17.3. The van der Waals surface area contributed by atoms with Crippen molar-refractivity contribution in [1.82, 2.24) is 4.31 Å². The molecule has 0 radical (unpaired) electrons. The van der Waals surface area contributed by atoms with E-state index in [4.69, 9.17) is 0 Å². The number of nitrogens with zero attached hydrogens (tertiary/aromatic N) is 1. The van der Waals surface area contributed by atoms with E-state index in [0.29, 0.717) is 4.90 Å². The Morgan fingerprint density at radius 3 is 2.29 bits per heavy atom. The van der Waals surface area contributed by atoms with E-state index in [2.05, 4.69) is 6.58 Å². The van der Waals surface area contributed by atoms with Gasteiger partial charge in [-0.05, 0) is 50.0 Å². The number of benzene rings is 2. The Labute approximate surface area is 144 Å². The second-order valence-corrected chi connectivity index (χ2v) is 8.32. The maximum Gasteiger partial charge on any atom is 0.243 e. The van der Waals surface area contributed by atoms with E-state index >= 15 is 0 Å². The molecule has 0 N–H and O–H groups in total. The molecule has 0 saturated carbocycles. The van der Waals surface area contributed by atoms with Crippen molar-refractivity contribution in [2.24, 2.45) is 0 Å². The van der Waals surface area contributed by atoms with Gasteiger partial charge in [-0.2, -0.15) is 4.31 Å². The van der Waals surface area contributed by atoms with Gasteiger partial charge in [-0.1, -0.05) is 54.6 Å². The van der Waals surface area contributed by atoms with Crippen molar-refractivity contribution in [2.75, 3.05) is 0 Å². The Balaban J connectivity index is 1.97. The lowest BCUT2D eigenvalue weighted by atomic mass is 9.99. The van der Waals surface area contributed by atoms with Gasteiger partial charge >= 0.3 is 0 Å². The first-order valence-electron chi connectivity index (χ1n) is 8.25. The van der Waals surface area contributed by atoms with E-state index in [1.54, 1.807) is 16.4 Å². The average molecular weight is 341 g/mol. The van der Waals surface area contributed by atoms with Gasteiger partial charge in [-0.25, -0.2) is 8.42 Å². The molecule has 0 spiro atoms. The van der Waals surface area contributed by atoms with E-state index in [1.165, 1.54) is 0 Å². The number of hydrogen-bond acceptors (Lipinski definition) is 2. The fraction of sp³-hybridized carbons (Fsp3) is 0.300. The molecule has 3 rings (SSSR count). The Morgan fingerprint density at radius 2 is 1.67 bits per heavy atom. The fourth-order valence-electron chi connectivity index (χ4n) is 3.37. The third-order valence-electron chi connectivity index (χ3n) is 4.74. The van der Waals surface area contributed by atoms with Gasteiger partial charge in [0.05, 0.1) is 10.9 Å². The topological polar surface area (TPSA) is 37.4 Å². The van der Waals surface area contributed by atoms with Gasteiger partial charge in [-0.3, -0.25) is 0 Å². The normalized spacial score (nSPS) is 21.8. The van der Waals surface area contributed by atoms with Gasteiger partial charge in [0.25, 0.3) is 0 Å². The smallest absolute Gasteiger partial charge is 0.207 e. The Hall–Kier alpha value is -1.91. The van der Waals surface area contributed by atoms with Crippen molar-refractivity contribution < 1.29 is 8.42 Å². The van der Waals surface area contributed by atoms with Gasteiger partial charge in [0.1, 0.15) is 0 Å². The molecule has 126 valence electrons. The number of aryl methyl sites for hydroxylation is 1. The van der Waals surface area contributed by atoms with Gasteiger partial charge < -0.3 is 0 Å². The summed E-state index contributed by atoms with van der Waals surface area (Å²) in [6.45, 7) is 8.14. The summed E-state index contributed by atoms with van der Waals surface area (Å²) in [5.74, 6) is 0. The molecule has 1 saturated heterocycles. The molecule has 3 nitrogen and oxygen atoms in total. The molecule has 24 heavy (non-hydrogen) atoms. The molecule has 2 atom stereocenters. The van der Waals surface area contributed by atoms with E-state index in [-0.39, 0.29) is 12.1 Å². The average Bonchev–Trinajstić information content (AvgIpc) is 2.98. The van der Waals surface area contributed by atoms with E-state index in [0.717, 1.165) is 29.5 Å². The summed E-state index contributed by atoms with van der Waals surface area (Å²) in [5.41, 5.74) is 2.92. The molecule has 1 aliphatic rings. The maximum atomic E-state index is 13.2. The van der Waals surface area contributed by atoms with Crippen LogP contribution in [0.5, 0.6) is 0 Å². The highest BCUT2D eigenvalue weighted by Gasteiger charge is 2.41. The van der Waals surface area contributed by atoms with E-state index < -0.39 is 10.0 Å². The van der Waals surface area contributed by atoms with Crippen molar-refractivity contribution in [1.29, 1.82) is 0 Å². The van der Waals surface area contributed by atoms with Crippen molar-refractivity contribution in [3.63, 3.8) is 0 Å². The van der Waals surface area contributed by atoms with Crippen molar-refractivity contribution in [2.45, 2.75) is 43.7 Å². The van der Waals surface area contributed by atoms with Crippen LogP contribution in [-0.4, -0.2) is 24.8 Å². The molecule has 1 fully saturated rings. The third-order valence-corrected chi connectivity index (χ3v) is 6.78. The Bertz CT molecular complexity index is 826. The van der Waals surface area contributed by atoms with E-state index in [9.17, 15) is 8.42 Å². The molecule has 0 bridgehead atoms. The molecule has 0 unspecified atom stereocenters. The summed E-state index contributed by atoms with van der Waals surface area (Å²) in [7, 11) is -3.53.